The first kappa shape index (κ1) is 13.9. The summed E-state index contributed by atoms with van der Waals surface area (Å²) in [6.45, 7) is 0. The van der Waals surface area contributed by atoms with Gasteiger partial charge in [0.25, 0.3) is 10.0 Å². The van der Waals surface area contributed by atoms with E-state index in [0.717, 1.165) is 11.3 Å². The first-order valence-corrected chi connectivity index (χ1v) is 7.91. The van der Waals surface area contributed by atoms with E-state index in [-0.39, 0.29) is 19.4 Å². The third-order valence-electron chi connectivity index (χ3n) is 1.90. The fraction of sp³-hybridized carbons (Fsp3) is 0. The molecular weight excluding hydrogens is 339 g/mol. The van der Waals surface area contributed by atoms with Crippen LogP contribution in [0.3, 0.4) is 0 Å². The Hall–Kier alpha value is -0.530. The number of halogens is 3. The number of anilines is 1. The lowest BCUT2D eigenvalue weighted by atomic mass is 10.3. The topological polar surface area (TPSA) is 59.1 Å². The number of rotatable bonds is 3. The number of aromatic nitrogens is 1. The molecule has 0 saturated heterocycles. The predicted molar refractivity (Wildman–Crippen MR) is 74.4 cm³/mol. The Kier molecular flexibility index (Phi) is 4.03. The van der Waals surface area contributed by atoms with Crippen molar-refractivity contribution in [3.05, 3.63) is 38.9 Å². The second kappa shape index (κ2) is 5.22. The van der Waals surface area contributed by atoms with E-state index >= 15 is 0 Å². The molecule has 4 nitrogen and oxygen atoms in total. The lowest BCUT2D eigenvalue weighted by molar-refractivity contribution is 0.603. The Labute approximate surface area is 123 Å². The molecule has 1 heterocycles. The number of benzene rings is 1. The van der Waals surface area contributed by atoms with E-state index in [4.69, 9.17) is 34.8 Å². The third-order valence-corrected chi connectivity index (χ3v) is 5.39. The average Bonchev–Trinajstić information content (AvgIpc) is 2.70. The van der Waals surface area contributed by atoms with E-state index in [2.05, 4.69) is 9.71 Å². The smallest absolute Gasteiger partial charge is 0.273 e. The van der Waals surface area contributed by atoms with Gasteiger partial charge in [0.1, 0.15) is 0 Å². The standard InChI is InChI=1S/C9H5Cl3N2O2S2/c10-5-1-2-7(6(11)3-5)14-18(15,16)8-4-13-9(12)17-8/h1-4,14H. The van der Waals surface area contributed by atoms with Crippen LogP contribution in [-0.4, -0.2) is 13.4 Å². The maximum absolute atomic E-state index is 12.0. The van der Waals surface area contributed by atoms with Crippen molar-refractivity contribution in [2.24, 2.45) is 0 Å². The average molecular weight is 344 g/mol. The molecule has 1 aromatic carbocycles. The number of nitrogens with zero attached hydrogens (tertiary/aromatic N) is 1. The molecule has 0 unspecified atom stereocenters. The molecule has 0 fully saturated rings. The van der Waals surface area contributed by atoms with Gasteiger partial charge in [0.15, 0.2) is 8.68 Å². The van der Waals surface area contributed by atoms with Gasteiger partial charge >= 0.3 is 0 Å². The highest BCUT2D eigenvalue weighted by atomic mass is 35.5. The van der Waals surface area contributed by atoms with Gasteiger partial charge < -0.3 is 0 Å². The lowest BCUT2D eigenvalue weighted by Crippen LogP contribution is -2.11. The second-order valence-corrected chi connectivity index (χ2v) is 7.53. The molecule has 9 heteroatoms. The zero-order valence-corrected chi connectivity index (χ0v) is 12.4. The molecule has 0 atom stereocenters. The van der Waals surface area contributed by atoms with Gasteiger partial charge in [-0.15, -0.1) is 0 Å². The summed E-state index contributed by atoms with van der Waals surface area (Å²) < 4.78 is 26.4. The molecule has 0 saturated carbocycles. The van der Waals surface area contributed by atoms with Crippen molar-refractivity contribution in [3.8, 4) is 0 Å². The van der Waals surface area contributed by atoms with E-state index < -0.39 is 10.0 Å². The summed E-state index contributed by atoms with van der Waals surface area (Å²) in [6.07, 6.45) is 1.18. The van der Waals surface area contributed by atoms with Crippen LogP contribution >= 0.6 is 46.1 Å². The van der Waals surface area contributed by atoms with Gasteiger partial charge in [-0.3, -0.25) is 4.72 Å². The van der Waals surface area contributed by atoms with Crippen molar-refractivity contribution >= 4 is 61.9 Å². The minimum absolute atomic E-state index is 0.0125. The van der Waals surface area contributed by atoms with Crippen LogP contribution in [0.15, 0.2) is 28.6 Å². The van der Waals surface area contributed by atoms with Crippen molar-refractivity contribution < 1.29 is 8.42 Å². The van der Waals surface area contributed by atoms with Crippen LogP contribution < -0.4 is 4.72 Å². The predicted octanol–water partition coefficient (Wildman–Crippen LogP) is 3.90. The second-order valence-electron chi connectivity index (χ2n) is 3.16. The fourth-order valence-electron chi connectivity index (χ4n) is 1.13. The van der Waals surface area contributed by atoms with E-state index in [9.17, 15) is 8.42 Å². The zero-order valence-electron chi connectivity index (χ0n) is 8.52. The van der Waals surface area contributed by atoms with E-state index in [1.54, 1.807) is 0 Å². The molecule has 1 aromatic heterocycles. The van der Waals surface area contributed by atoms with Crippen molar-refractivity contribution in [2.75, 3.05) is 4.72 Å². The highest BCUT2D eigenvalue weighted by Gasteiger charge is 2.18. The van der Waals surface area contributed by atoms with Crippen LogP contribution in [0, 0.1) is 0 Å². The first-order valence-electron chi connectivity index (χ1n) is 4.48. The number of nitrogens with one attached hydrogen (secondary N) is 1. The molecule has 1 N–H and O–H groups in total. The van der Waals surface area contributed by atoms with Crippen molar-refractivity contribution in [3.63, 3.8) is 0 Å². The molecule has 0 spiro atoms. The summed E-state index contributed by atoms with van der Waals surface area (Å²) in [6, 6.07) is 4.45. The van der Waals surface area contributed by atoms with Crippen molar-refractivity contribution in [2.45, 2.75) is 4.21 Å². The first-order chi connectivity index (χ1) is 8.38. The Morgan fingerprint density at radius 1 is 1.22 bits per heavy atom. The molecule has 2 aromatic rings. The number of hydrogen-bond donors (Lipinski definition) is 1. The van der Waals surface area contributed by atoms with E-state index in [1.807, 2.05) is 0 Å². The van der Waals surface area contributed by atoms with E-state index in [0.29, 0.717) is 5.02 Å². The quantitative estimate of drug-likeness (QED) is 0.919. The van der Waals surface area contributed by atoms with Gasteiger partial charge in [-0.05, 0) is 18.2 Å². The molecule has 18 heavy (non-hydrogen) atoms. The largest absolute Gasteiger partial charge is 0.277 e. The number of sulfonamides is 1. The lowest BCUT2D eigenvalue weighted by Gasteiger charge is -2.07. The van der Waals surface area contributed by atoms with Crippen LogP contribution in [0.5, 0.6) is 0 Å². The SMILES string of the molecule is O=S(=O)(Nc1ccc(Cl)cc1Cl)c1cnc(Cl)s1. The highest BCUT2D eigenvalue weighted by Crippen LogP contribution is 2.29. The Bertz CT molecular complexity index is 685. The van der Waals surface area contributed by atoms with Gasteiger partial charge in [-0.2, -0.15) is 0 Å². The molecule has 0 amide bonds. The summed E-state index contributed by atoms with van der Waals surface area (Å²) in [5.74, 6) is 0. The third kappa shape index (κ3) is 3.07. The van der Waals surface area contributed by atoms with Crippen molar-refractivity contribution in [1.29, 1.82) is 0 Å². The molecule has 2 rings (SSSR count). The van der Waals surface area contributed by atoms with Crippen LogP contribution in [-0.2, 0) is 10.0 Å². The minimum Gasteiger partial charge on any atom is -0.277 e. The van der Waals surface area contributed by atoms with E-state index in [1.165, 1.54) is 24.4 Å². The molecule has 0 aliphatic heterocycles. The maximum Gasteiger partial charge on any atom is 0.273 e. The van der Waals surface area contributed by atoms with Gasteiger partial charge in [0, 0.05) is 5.02 Å². The summed E-state index contributed by atoms with van der Waals surface area (Å²) in [4.78, 5) is 3.67. The van der Waals surface area contributed by atoms with Crippen LogP contribution in [0.25, 0.3) is 0 Å². The normalized spacial score (nSPS) is 11.5. The monoisotopic (exact) mass is 342 g/mol. The van der Waals surface area contributed by atoms with Gasteiger partial charge in [-0.1, -0.05) is 46.1 Å². The number of hydrogen-bond acceptors (Lipinski definition) is 4. The molecule has 0 bridgehead atoms. The number of thiazole rings is 1. The summed E-state index contributed by atoms with van der Waals surface area (Å²) in [5.41, 5.74) is 0.241. The van der Waals surface area contributed by atoms with Crippen LogP contribution in [0.4, 0.5) is 5.69 Å². The summed E-state index contributed by atoms with van der Waals surface area (Å²) in [5, 5.41) is 0.630. The Morgan fingerprint density at radius 2 is 1.94 bits per heavy atom. The fourth-order valence-corrected chi connectivity index (χ4v) is 4.01. The van der Waals surface area contributed by atoms with Crippen molar-refractivity contribution in [1.82, 2.24) is 4.98 Å². The highest BCUT2D eigenvalue weighted by molar-refractivity contribution is 7.94. The molecular formula is C9H5Cl3N2O2S2. The summed E-state index contributed by atoms with van der Waals surface area (Å²) >= 11 is 18.1. The molecule has 96 valence electrons. The Morgan fingerprint density at radius 3 is 2.50 bits per heavy atom. The van der Waals surface area contributed by atoms with Gasteiger partial charge in [-0.25, -0.2) is 13.4 Å². The Balaban J connectivity index is 2.33. The van der Waals surface area contributed by atoms with Crippen LogP contribution in [0.1, 0.15) is 0 Å². The molecule has 0 aliphatic carbocycles. The minimum atomic E-state index is -3.73. The van der Waals surface area contributed by atoms with Gasteiger partial charge in [0.05, 0.1) is 16.9 Å². The summed E-state index contributed by atoms with van der Waals surface area (Å²) in [7, 11) is -3.73. The van der Waals surface area contributed by atoms with Gasteiger partial charge in [0.2, 0.25) is 0 Å². The maximum atomic E-state index is 12.0. The zero-order chi connectivity index (χ0) is 13.3. The van der Waals surface area contributed by atoms with Crippen LogP contribution in [0.2, 0.25) is 14.5 Å². The molecule has 0 radical (unpaired) electrons. The molecule has 0 aliphatic rings.